The number of thioether (sulfide) groups is 1. The number of rotatable bonds is 1. The van der Waals surface area contributed by atoms with Gasteiger partial charge in [0.1, 0.15) is 0 Å². The molecular weight excluding hydrogens is 160 g/mol. The lowest BCUT2D eigenvalue weighted by atomic mass is 10.2. The number of hydrogen-bond donors (Lipinski definition) is 1. The molecule has 1 atom stereocenters. The average Bonchev–Trinajstić information content (AvgIpc) is 2.71. The van der Waals surface area contributed by atoms with Gasteiger partial charge in [-0.1, -0.05) is 12.1 Å². The summed E-state index contributed by atoms with van der Waals surface area (Å²) in [6.07, 6.45) is 0. The van der Waals surface area contributed by atoms with Crippen LogP contribution < -0.4 is 0 Å². The molecule has 0 spiro atoms. The minimum atomic E-state index is 0.786. The quantitative estimate of drug-likeness (QED) is 0.497. The third-order valence-electron chi connectivity index (χ3n) is 1.60. The number of benzene rings is 1. The standard InChI is InChI=1S/C8H8S2/c9-7-3-1-6(2-4-7)8-5-10-8/h1-4,8-9H,5H2. The second-order valence-corrected chi connectivity index (χ2v) is 4.17. The van der Waals surface area contributed by atoms with Crippen molar-refractivity contribution in [2.45, 2.75) is 10.1 Å². The monoisotopic (exact) mass is 168 g/mol. The maximum absolute atomic E-state index is 4.21. The van der Waals surface area contributed by atoms with Gasteiger partial charge in [-0.05, 0) is 17.7 Å². The van der Waals surface area contributed by atoms with Crippen LogP contribution in [-0.2, 0) is 0 Å². The van der Waals surface area contributed by atoms with Crippen molar-refractivity contribution in [2.24, 2.45) is 0 Å². The maximum atomic E-state index is 4.21. The van der Waals surface area contributed by atoms with Crippen LogP contribution in [0.25, 0.3) is 0 Å². The van der Waals surface area contributed by atoms with Gasteiger partial charge < -0.3 is 0 Å². The molecule has 0 nitrogen and oxygen atoms in total. The lowest BCUT2D eigenvalue weighted by molar-refractivity contribution is 1.21. The van der Waals surface area contributed by atoms with E-state index in [9.17, 15) is 0 Å². The fraction of sp³-hybridized carbons (Fsp3) is 0.250. The summed E-state index contributed by atoms with van der Waals surface area (Å²) in [5.41, 5.74) is 1.45. The van der Waals surface area contributed by atoms with Crippen LogP contribution >= 0.6 is 24.4 Å². The smallest absolute Gasteiger partial charge is 0.0388 e. The van der Waals surface area contributed by atoms with E-state index in [-0.39, 0.29) is 0 Å². The second kappa shape index (κ2) is 2.51. The molecule has 1 aromatic rings. The molecule has 52 valence electrons. The highest BCUT2D eigenvalue weighted by molar-refractivity contribution is 8.06. The van der Waals surface area contributed by atoms with E-state index in [1.165, 1.54) is 11.3 Å². The van der Waals surface area contributed by atoms with Gasteiger partial charge in [0, 0.05) is 15.9 Å². The van der Waals surface area contributed by atoms with Crippen molar-refractivity contribution in [3.63, 3.8) is 0 Å². The third kappa shape index (κ3) is 1.32. The average molecular weight is 168 g/mol. The first kappa shape index (κ1) is 6.62. The molecule has 1 fully saturated rings. The van der Waals surface area contributed by atoms with Crippen LogP contribution in [0, 0.1) is 0 Å². The van der Waals surface area contributed by atoms with Crippen molar-refractivity contribution < 1.29 is 0 Å². The molecule has 1 saturated heterocycles. The molecule has 0 saturated carbocycles. The molecule has 10 heavy (non-hydrogen) atoms. The van der Waals surface area contributed by atoms with Crippen LogP contribution in [0.5, 0.6) is 0 Å². The van der Waals surface area contributed by atoms with Gasteiger partial charge in [0.25, 0.3) is 0 Å². The Kier molecular flexibility index (Phi) is 1.66. The normalized spacial score (nSPS) is 22.7. The van der Waals surface area contributed by atoms with Crippen LogP contribution in [0.3, 0.4) is 0 Å². The van der Waals surface area contributed by atoms with Gasteiger partial charge in [0.05, 0.1) is 0 Å². The van der Waals surface area contributed by atoms with Gasteiger partial charge in [-0.15, -0.1) is 12.6 Å². The minimum absolute atomic E-state index is 0.786. The van der Waals surface area contributed by atoms with Crippen LogP contribution in [0.15, 0.2) is 29.2 Å². The van der Waals surface area contributed by atoms with Crippen molar-refractivity contribution in [1.29, 1.82) is 0 Å². The summed E-state index contributed by atoms with van der Waals surface area (Å²) in [4.78, 5) is 1.05. The van der Waals surface area contributed by atoms with E-state index >= 15 is 0 Å². The lowest BCUT2D eigenvalue weighted by Gasteiger charge is -1.94. The summed E-state index contributed by atoms with van der Waals surface area (Å²) in [6.45, 7) is 0. The Morgan fingerprint density at radius 3 is 2.40 bits per heavy atom. The molecular formula is C8H8S2. The Bertz CT molecular complexity index is 224. The van der Waals surface area contributed by atoms with Crippen molar-refractivity contribution in [2.75, 3.05) is 5.75 Å². The Morgan fingerprint density at radius 2 is 1.90 bits per heavy atom. The SMILES string of the molecule is Sc1ccc(C2CS2)cc1. The van der Waals surface area contributed by atoms with Crippen molar-refractivity contribution in [3.05, 3.63) is 29.8 Å². The summed E-state index contributed by atoms with van der Waals surface area (Å²) in [7, 11) is 0. The zero-order chi connectivity index (χ0) is 6.97. The van der Waals surface area contributed by atoms with Gasteiger partial charge in [0.2, 0.25) is 0 Å². The first-order chi connectivity index (χ1) is 4.86. The van der Waals surface area contributed by atoms with Crippen LogP contribution in [0.4, 0.5) is 0 Å². The van der Waals surface area contributed by atoms with Crippen LogP contribution in [-0.4, -0.2) is 5.75 Å². The molecule has 2 heteroatoms. The highest BCUT2D eigenvalue weighted by Crippen LogP contribution is 2.45. The van der Waals surface area contributed by atoms with Crippen molar-refractivity contribution >= 4 is 24.4 Å². The molecule has 1 unspecified atom stereocenters. The predicted molar refractivity (Wildman–Crippen MR) is 48.9 cm³/mol. The van der Waals surface area contributed by atoms with Crippen molar-refractivity contribution in [3.8, 4) is 0 Å². The molecule has 1 aromatic carbocycles. The van der Waals surface area contributed by atoms with E-state index in [0.29, 0.717) is 0 Å². The van der Waals surface area contributed by atoms with Crippen LogP contribution in [0.2, 0.25) is 0 Å². The molecule has 0 radical (unpaired) electrons. The van der Waals surface area contributed by atoms with E-state index in [1.54, 1.807) is 0 Å². The number of thiol groups is 1. The minimum Gasteiger partial charge on any atom is -0.151 e. The van der Waals surface area contributed by atoms with Gasteiger partial charge >= 0.3 is 0 Å². The molecule has 0 aliphatic carbocycles. The highest BCUT2D eigenvalue weighted by Gasteiger charge is 2.23. The number of hydrogen-bond acceptors (Lipinski definition) is 2. The summed E-state index contributed by atoms with van der Waals surface area (Å²) in [5.74, 6) is 1.30. The van der Waals surface area contributed by atoms with E-state index in [1.807, 2.05) is 11.8 Å². The summed E-state index contributed by atoms with van der Waals surface area (Å²) >= 11 is 6.22. The summed E-state index contributed by atoms with van der Waals surface area (Å²) < 4.78 is 0. The van der Waals surface area contributed by atoms with E-state index in [2.05, 4.69) is 36.9 Å². The van der Waals surface area contributed by atoms with Crippen LogP contribution in [0.1, 0.15) is 10.8 Å². The lowest BCUT2D eigenvalue weighted by Crippen LogP contribution is -1.76. The zero-order valence-electron chi connectivity index (χ0n) is 5.45. The topological polar surface area (TPSA) is 0 Å². The maximum Gasteiger partial charge on any atom is 0.0388 e. The first-order valence-electron chi connectivity index (χ1n) is 3.27. The molecule has 2 rings (SSSR count). The third-order valence-corrected chi connectivity index (χ3v) is 2.84. The largest absolute Gasteiger partial charge is 0.151 e. The Morgan fingerprint density at radius 1 is 1.30 bits per heavy atom. The Balaban J connectivity index is 2.28. The van der Waals surface area contributed by atoms with E-state index < -0.39 is 0 Å². The van der Waals surface area contributed by atoms with Gasteiger partial charge in [-0.2, -0.15) is 11.8 Å². The first-order valence-corrected chi connectivity index (χ1v) is 4.76. The van der Waals surface area contributed by atoms with Gasteiger partial charge in [0.15, 0.2) is 0 Å². The molecule has 1 aliphatic rings. The van der Waals surface area contributed by atoms with Gasteiger partial charge in [-0.25, -0.2) is 0 Å². The predicted octanol–water partition coefficient (Wildman–Crippen LogP) is 2.76. The molecule has 0 amide bonds. The molecule has 1 aliphatic heterocycles. The van der Waals surface area contributed by atoms with Gasteiger partial charge in [-0.3, -0.25) is 0 Å². The Hall–Kier alpha value is -0.0800. The fourth-order valence-electron chi connectivity index (χ4n) is 0.930. The molecule has 0 bridgehead atoms. The summed E-state index contributed by atoms with van der Waals surface area (Å²) in [5, 5.41) is 0.786. The zero-order valence-corrected chi connectivity index (χ0v) is 7.16. The van der Waals surface area contributed by atoms with E-state index in [4.69, 9.17) is 0 Å². The second-order valence-electron chi connectivity index (χ2n) is 2.41. The Labute approximate surface area is 70.4 Å². The molecule has 0 N–H and O–H groups in total. The summed E-state index contributed by atoms with van der Waals surface area (Å²) in [6, 6.07) is 8.43. The fourth-order valence-corrected chi connectivity index (χ4v) is 1.72. The molecule has 1 heterocycles. The van der Waals surface area contributed by atoms with Crippen molar-refractivity contribution in [1.82, 2.24) is 0 Å². The van der Waals surface area contributed by atoms with E-state index in [0.717, 1.165) is 10.1 Å². The molecule has 0 aromatic heterocycles. The highest BCUT2D eigenvalue weighted by atomic mass is 32.2.